The number of benzene rings is 1. The number of quaternary nitrogens is 1. The van der Waals surface area contributed by atoms with E-state index in [1.54, 1.807) is 0 Å². The summed E-state index contributed by atoms with van der Waals surface area (Å²) in [6.07, 6.45) is 6.95. The van der Waals surface area contributed by atoms with Gasteiger partial charge in [-0.1, -0.05) is 37.8 Å². The van der Waals surface area contributed by atoms with Gasteiger partial charge in [0.1, 0.15) is 13.1 Å². The summed E-state index contributed by atoms with van der Waals surface area (Å²) in [6, 6.07) is 5.98. The molecule has 1 aromatic carbocycles. The molecule has 1 aromatic rings. The molecule has 0 bridgehead atoms. The van der Waals surface area contributed by atoms with E-state index in [4.69, 9.17) is 14.2 Å². The zero-order valence-corrected chi connectivity index (χ0v) is 16.8. The van der Waals surface area contributed by atoms with Crippen molar-refractivity contribution in [1.82, 2.24) is 4.90 Å². The van der Waals surface area contributed by atoms with Gasteiger partial charge in [0, 0.05) is 18.0 Å². The average molecular weight is 390 g/mol. The van der Waals surface area contributed by atoms with Crippen molar-refractivity contribution < 1.29 is 23.9 Å². The second kappa shape index (κ2) is 9.61. The summed E-state index contributed by atoms with van der Waals surface area (Å²) in [4.78, 5) is 17.1. The van der Waals surface area contributed by atoms with Crippen molar-refractivity contribution >= 4 is 5.91 Å². The lowest BCUT2D eigenvalue weighted by Crippen LogP contribution is -3.14. The summed E-state index contributed by atoms with van der Waals surface area (Å²) in [5, 5.41) is 0. The molecule has 2 heterocycles. The summed E-state index contributed by atoms with van der Waals surface area (Å²) < 4.78 is 16.7. The molecule has 0 aromatic heterocycles. The Morgan fingerprint density at radius 2 is 1.86 bits per heavy atom. The largest absolute Gasteiger partial charge is 0.454 e. The highest BCUT2D eigenvalue weighted by Crippen LogP contribution is 2.36. The normalized spacial score (nSPS) is 20.7. The Bertz CT molecular complexity index is 652. The van der Waals surface area contributed by atoms with Crippen molar-refractivity contribution in [1.29, 1.82) is 0 Å². The van der Waals surface area contributed by atoms with Crippen molar-refractivity contribution in [3.8, 4) is 11.5 Å². The first-order valence-electron chi connectivity index (χ1n) is 10.9. The quantitative estimate of drug-likeness (QED) is 0.752. The highest BCUT2D eigenvalue weighted by atomic mass is 16.7. The average Bonchev–Trinajstić information content (AvgIpc) is 3.06. The molecule has 6 heteroatoms. The number of carbonyl (C=O) groups is 1. The maximum absolute atomic E-state index is 13.4. The van der Waals surface area contributed by atoms with Gasteiger partial charge in [0.2, 0.25) is 12.7 Å². The lowest BCUT2D eigenvalue weighted by molar-refractivity contribution is -0.907. The SMILES string of the molecule is O=C(C1CCCCCC1)N(CC[NH+]1CCOCC1)Cc1cccc2c1OCO2. The molecule has 0 unspecified atom stereocenters. The highest BCUT2D eigenvalue weighted by Gasteiger charge is 2.28. The predicted molar refractivity (Wildman–Crippen MR) is 106 cm³/mol. The maximum atomic E-state index is 13.4. The fourth-order valence-corrected chi connectivity index (χ4v) is 4.58. The monoisotopic (exact) mass is 389 g/mol. The van der Waals surface area contributed by atoms with Gasteiger partial charge in [-0.15, -0.1) is 0 Å². The first kappa shape index (κ1) is 19.5. The van der Waals surface area contributed by atoms with Crippen LogP contribution in [0.3, 0.4) is 0 Å². The molecule has 1 amide bonds. The van der Waals surface area contributed by atoms with Crippen LogP contribution in [-0.2, 0) is 16.1 Å². The first-order chi connectivity index (χ1) is 13.8. The smallest absolute Gasteiger partial charge is 0.231 e. The number of fused-ring (bicyclic) bond motifs is 1. The van der Waals surface area contributed by atoms with Crippen molar-refractivity contribution in [2.45, 2.75) is 45.1 Å². The van der Waals surface area contributed by atoms with E-state index in [-0.39, 0.29) is 12.7 Å². The fraction of sp³-hybridized carbons (Fsp3) is 0.682. The van der Waals surface area contributed by atoms with Crippen LogP contribution < -0.4 is 14.4 Å². The zero-order chi connectivity index (χ0) is 19.2. The highest BCUT2D eigenvalue weighted by molar-refractivity contribution is 5.79. The van der Waals surface area contributed by atoms with Crippen LogP contribution in [-0.4, -0.2) is 57.0 Å². The van der Waals surface area contributed by atoms with Gasteiger partial charge in [-0.2, -0.15) is 0 Å². The van der Waals surface area contributed by atoms with Gasteiger partial charge in [0.15, 0.2) is 11.5 Å². The fourth-order valence-electron chi connectivity index (χ4n) is 4.58. The predicted octanol–water partition coefficient (Wildman–Crippen LogP) is 1.63. The van der Waals surface area contributed by atoms with Gasteiger partial charge < -0.3 is 24.0 Å². The van der Waals surface area contributed by atoms with Crippen LogP contribution in [0.25, 0.3) is 0 Å². The van der Waals surface area contributed by atoms with Gasteiger partial charge in [-0.05, 0) is 18.9 Å². The molecule has 1 N–H and O–H groups in total. The third kappa shape index (κ3) is 4.78. The molecule has 28 heavy (non-hydrogen) atoms. The molecule has 1 saturated carbocycles. The number of nitrogens with one attached hydrogen (secondary N) is 1. The minimum Gasteiger partial charge on any atom is -0.454 e. The number of hydrogen-bond donors (Lipinski definition) is 1. The van der Waals surface area contributed by atoms with Crippen molar-refractivity contribution in [3.63, 3.8) is 0 Å². The zero-order valence-electron chi connectivity index (χ0n) is 16.8. The minimum absolute atomic E-state index is 0.177. The summed E-state index contributed by atoms with van der Waals surface area (Å²) in [7, 11) is 0. The van der Waals surface area contributed by atoms with Crippen LogP contribution in [0, 0.1) is 5.92 Å². The number of amides is 1. The van der Waals surface area contributed by atoms with E-state index in [9.17, 15) is 4.79 Å². The summed E-state index contributed by atoms with van der Waals surface area (Å²) in [5.74, 6) is 2.10. The molecular formula is C22H33N2O4+. The first-order valence-corrected chi connectivity index (χ1v) is 10.9. The van der Waals surface area contributed by atoms with Crippen LogP contribution in [0.5, 0.6) is 11.5 Å². The standard InChI is InChI=1S/C22H32N2O4/c25-22(18-6-3-1-2-4-7-18)24(11-10-23-12-14-26-15-13-23)16-19-8-5-9-20-21(19)28-17-27-20/h5,8-9,18H,1-4,6-7,10-17H2/p+1. The van der Waals surface area contributed by atoms with E-state index in [1.807, 2.05) is 12.1 Å². The molecule has 4 rings (SSSR count). The third-order valence-corrected chi connectivity index (χ3v) is 6.29. The second-order valence-corrected chi connectivity index (χ2v) is 8.21. The Balaban J connectivity index is 1.47. The summed E-state index contributed by atoms with van der Waals surface area (Å²) in [6.45, 7) is 6.34. The molecule has 0 spiro atoms. The molecule has 3 aliphatic rings. The minimum atomic E-state index is 0.177. The second-order valence-electron chi connectivity index (χ2n) is 8.21. The lowest BCUT2D eigenvalue weighted by atomic mass is 9.98. The Morgan fingerprint density at radius 1 is 1.07 bits per heavy atom. The molecule has 2 aliphatic heterocycles. The molecule has 0 atom stereocenters. The van der Waals surface area contributed by atoms with Crippen molar-refractivity contribution in [3.05, 3.63) is 23.8 Å². The van der Waals surface area contributed by atoms with E-state index in [2.05, 4.69) is 11.0 Å². The van der Waals surface area contributed by atoms with Crippen LogP contribution >= 0.6 is 0 Å². The Kier molecular flexibility index (Phi) is 6.70. The molecule has 1 aliphatic carbocycles. The van der Waals surface area contributed by atoms with Crippen LogP contribution in [0.1, 0.15) is 44.1 Å². The van der Waals surface area contributed by atoms with Crippen molar-refractivity contribution in [2.24, 2.45) is 5.92 Å². The van der Waals surface area contributed by atoms with E-state index in [0.29, 0.717) is 12.5 Å². The van der Waals surface area contributed by atoms with Gasteiger partial charge in [-0.25, -0.2) is 0 Å². The van der Waals surface area contributed by atoms with E-state index < -0.39 is 0 Å². The number of para-hydroxylation sites is 1. The van der Waals surface area contributed by atoms with E-state index >= 15 is 0 Å². The van der Waals surface area contributed by atoms with Gasteiger partial charge in [0.05, 0.1) is 26.3 Å². The Hall–Kier alpha value is -1.79. The van der Waals surface area contributed by atoms with Crippen molar-refractivity contribution in [2.75, 3.05) is 46.2 Å². The molecule has 2 fully saturated rings. The van der Waals surface area contributed by atoms with Crippen LogP contribution in [0.2, 0.25) is 0 Å². The molecule has 6 nitrogen and oxygen atoms in total. The van der Waals surface area contributed by atoms with Gasteiger partial charge in [-0.3, -0.25) is 4.79 Å². The topological polar surface area (TPSA) is 52.4 Å². The van der Waals surface area contributed by atoms with E-state index in [0.717, 1.165) is 69.3 Å². The summed E-state index contributed by atoms with van der Waals surface area (Å²) >= 11 is 0. The number of nitrogens with zero attached hydrogens (tertiary/aromatic N) is 1. The number of morpholine rings is 1. The lowest BCUT2D eigenvalue weighted by Gasteiger charge is -2.30. The van der Waals surface area contributed by atoms with Gasteiger partial charge in [0.25, 0.3) is 0 Å². The molecular weight excluding hydrogens is 356 g/mol. The molecule has 1 saturated heterocycles. The van der Waals surface area contributed by atoms with Gasteiger partial charge >= 0.3 is 0 Å². The summed E-state index contributed by atoms with van der Waals surface area (Å²) in [5.41, 5.74) is 1.05. The molecule has 154 valence electrons. The Labute approximate surface area is 167 Å². The molecule has 0 radical (unpaired) electrons. The third-order valence-electron chi connectivity index (χ3n) is 6.29. The van der Waals surface area contributed by atoms with Crippen LogP contribution in [0.15, 0.2) is 18.2 Å². The Morgan fingerprint density at radius 3 is 2.64 bits per heavy atom. The maximum Gasteiger partial charge on any atom is 0.231 e. The number of ether oxygens (including phenoxy) is 3. The number of rotatable bonds is 6. The number of carbonyl (C=O) groups excluding carboxylic acids is 1. The van der Waals surface area contributed by atoms with Crippen LogP contribution in [0.4, 0.5) is 0 Å². The van der Waals surface area contributed by atoms with E-state index in [1.165, 1.54) is 30.6 Å². The number of hydrogen-bond acceptors (Lipinski definition) is 4.